The van der Waals surface area contributed by atoms with Gasteiger partial charge in [-0.15, -0.1) is 0 Å². The molecule has 2 N–H and O–H groups in total. The number of benzene rings is 2. The molecule has 0 atom stereocenters. The third-order valence-electron chi connectivity index (χ3n) is 3.57. The maximum Gasteiger partial charge on any atom is 0.266 e. The number of hydrogen-bond acceptors (Lipinski definition) is 4. The smallest absolute Gasteiger partial charge is 0.266 e. The van der Waals surface area contributed by atoms with E-state index in [-0.39, 0.29) is 11.3 Å². The fourth-order valence-electron chi connectivity index (χ4n) is 2.40. The molecule has 5 nitrogen and oxygen atoms in total. The van der Waals surface area contributed by atoms with E-state index in [1.54, 1.807) is 36.4 Å². The van der Waals surface area contributed by atoms with E-state index in [1.165, 1.54) is 4.57 Å². The lowest BCUT2D eigenvalue weighted by atomic mass is 10.2. The first-order valence-corrected chi connectivity index (χ1v) is 8.54. The highest BCUT2D eigenvalue weighted by Crippen LogP contribution is 2.26. The number of carbonyl (C=O) groups excluding carboxylic acids is 1. The van der Waals surface area contributed by atoms with E-state index in [0.717, 1.165) is 17.3 Å². The first kappa shape index (κ1) is 16.5. The number of fused-ring (bicyclic) bond motifs is 1. The molecule has 0 aliphatic carbocycles. The van der Waals surface area contributed by atoms with Gasteiger partial charge < -0.3 is 5.73 Å². The van der Waals surface area contributed by atoms with Gasteiger partial charge in [-0.3, -0.25) is 14.2 Å². The summed E-state index contributed by atoms with van der Waals surface area (Å²) in [4.78, 5) is 28.7. The Hall–Kier alpha value is -2.31. The van der Waals surface area contributed by atoms with Crippen LogP contribution in [0.5, 0.6) is 0 Å². The molecule has 122 valence electrons. The van der Waals surface area contributed by atoms with Crippen molar-refractivity contribution in [3.05, 3.63) is 63.4 Å². The Labute approximate surface area is 147 Å². The second-order valence-electron chi connectivity index (χ2n) is 5.19. The van der Waals surface area contributed by atoms with Gasteiger partial charge in [-0.25, -0.2) is 4.98 Å². The predicted molar refractivity (Wildman–Crippen MR) is 97.0 cm³/mol. The molecule has 3 rings (SSSR count). The molecular weight excluding hydrogens is 346 g/mol. The first-order chi connectivity index (χ1) is 11.5. The zero-order valence-corrected chi connectivity index (χ0v) is 14.4. The van der Waals surface area contributed by atoms with Crippen LogP contribution in [0.1, 0.15) is 5.56 Å². The number of amides is 1. The molecule has 0 bridgehead atoms. The molecule has 24 heavy (non-hydrogen) atoms. The molecule has 0 saturated carbocycles. The van der Waals surface area contributed by atoms with Crippen molar-refractivity contribution in [2.24, 2.45) is 5.73 Å². The number of primary amides is 1. The Bertz CT molecular complexity index is 1000. The summed E-state index contributed by atoms with van der Waals surface area (Å²) < 4.78 is 1.48. The van der Waals surface area contributed by atoms with Gasteiger partial charge in [-0.05, 0) is 36.8 Å². The minimum Gasteiger partial charge on any atom is -0.369 e. The Kier molecular flexibility index (Phi) is 4.59. The van der Waals surface area contributed by atoms with Crippen LogP contribution in [0.15, 0.2) is 52.4 Å². The molecule has 0 fully saturated rings. The van der Waals surface area contributed by atoms with Gasteiger partial charge in [0, 0.05) is 5.02 Å². The van der Waals surface area contributed by atoms with E-state index in [9.17, 15) is 9.59 Å². The van der Waals surface area contributed by atoms with Gasteiger partial charge in [-0.2, -0.15) is 0 Å². The number of halogens is 1. The fourth-order valence-corrected chi connectivity index (χ4v) is 3.31. The summed E-state index contributed by atoms with van der Waals surface area (Å²) in [7, 11) is 0. The molecule has 0 spiro atoms. The van der Waals surface area contributed by atoms with E-state index >= 15 is 0 Å². The van der Waals surface area contributed by atoms with Gasteiger partial charge in [0.15, 0.2) is 5.16 Å². The van der Waals surface area contributed by atoms with E-state index in [2.05, 4.69) is 4.98 Å². The molecule has 1 aromatic heterocycles. The van der Waals surface area contributed by atoms with E-state index in [0.29, 0.717) is 26.8 Å². The minimum absolute atomic E-state index is 0.0321. The van der Waals surface area contributed by atoms with E-state index in [1.807, 2.05) is 13.0 Å². The summed E-state index contributed by atoms with van der Waals surface area (Å²) in [5, 5.41) is 1.46. The quantitative estimate of drug-likeness (QED) is 0.574. The van der Waals surface area contributed by atoms with Crippen LogP contribution >= 0.6 is 23.4 Å². The number of nitrogens with zero attached hydrogens (tertiary/aromatic N) is 2. The summed E-state index contributed by atoms with van der Waals surface area (Å²) in [6.07, 6.45) is 0. The zero-order valence-electron chi connectivity index (χ0n) is 12.8. The van der Waals surface area contributed by atoms with Crippen molar-refractivity contribution in [1.82, 2.24) is 9.55 Å². The van der Waals surface area contributed by atoms with Crippen LogP contribution in [0.4, 0.5) is 0 Å². The molecule has 2 aromatic carbocycles. The van der Waals surface area contributed by atoms with Gasteiger partial charge in [-0.1, -0.05) is 41.6 Å². The van der Waals surface area contributed by atoms with Crippen molar-refractivity contribution >= 4 is 40.2 Å². The summed E-state index contributed by atoms with van der Waals surface area (Å²) >= 11 is 7.33. The van der Waals surface area contributed by atoms with Crippen molar-refractivity contribution in [2.45, 2.75) is 12.1 Å². The molecule has 0 unspecified atom stereocenters. The van der Waals surface area contributed by atoms with Gasteiger partial charge in [0.2, 0.25) is 5.91 Å². The van der Waals surface area contributed by atoms with Crippen molar-refractivity contribution in [1.29, 1.82) is 0 Å². The highest BCUT2D eigenvalue weighted by Gasteiger charge is 2.16. The summed E-state index contributed by atoms with van der Waals surface area (Å²) in [5.41, 5.74) is 7.00. The number of aromatic nitrogens is 2. The maximum absolute atomic E-state index is 13.0. The number of para-hydroxylation sites is 1. The monoisotopic (exact) mass is 359 g/mol. The standard InChI is InChI=1S/C17H14ClN3O2S/c1-10-12(18)6-4-8-14(10)21-16(23)11-5-2-3-7-13(11)20-17(21)24-9-15(19)22/h2-8H,9H2,1H3,(H2,19,22). The lowest BCUT2D eigenvalue weighted by molar-refractivity contribution is -0.115. The van der Waals surface area contributed by atoms with Crippen LogP contribution in [0.3, 0.4) is 0 Å². The molecule has 0 aliphatic rings. The van der Waals surface area contributed by atoms with Gasteiger partial charge in [0.1, 0.15) is 0 Å². The Balaban J connectivity index is 2.33. The van der Waals surface area contributed by atoms with Crippen molar-refractivity contribution in [3.63, 3.8) is 0 Å². The second-order valence-corrected chi connectivity index (χ2v) is 6.54. The molecule has 3 aromatic rings. The second kappa shape index (κ2) is 6.67. The Morgan fingerprint density at radius 2 is 2.00 bits per heavy atom. The number of hydrogen-bond donors (Lipinski definition) is 1. The van der Waals surface area contributed by atoms with Crippen LogP contribution < -0.4 is 11.3 Å². The lowest BCUT2D eigenvalue weighted by Gasteiger charge is -2.15. The van der Waals surface area contributed by atoms with E-state index < -0.39 is 5.91 Å². The third kappa shape index (κ3) is 3.02. The fraction of sp³-hybridized carbons (Fsp3) is 0.118. The zero-order chi connectivity index (χ0) is 17.3. The maximum atomic E-state index is 13.0. The minimum atomic E-state index is -0.475. The number of thioether (sulfide) groups is 1. The van der Waals surface area contributed by atoms with Gasteiger partial charge >= 0.3 is 0 Å². The number of rotatable bonds is 4. The highest BCUT2D eigenvalue weighted by molar-refractivity contribution is 7.99. The Morgan fingerprint density at radius 3 is 2.75 bits per heavy atom. The SMILES string of the molecule is Cc1c(Cl)cccc1-n1c(SCC(N)=O)nc2ccccc2c1=O. The number of carbonyl (C=O) groups is 1. The van der Waals surface area contributed by atoms with Gasteiger partial charge in [0.05, 0.1) is 22.3 Å². The Morgan fingerprint density at radius 1 is 1.25 bits per heavy atom. The van der Waals surface area contributed by atoms with Crippen LogP contribution in [0.2, 0.25) is 5.02 Å². The van der Waals surface area contributed by atoms with Crippen molar-refractivity contribution in [2.75, 3.05) is 5.75 Å². The van der Waals surface area contributed by atoms with Crippen molar-refractivity contribution in [3.8, 4) is 5.69 Å². The van der Waals surface area contributed by atoms with Crippen LogP contribution in [-0.2, 0) is 4.79 Å². The molecule has 0 radical (unpaired) electrons. The molecule has 0 aliphatic heterocycles. The lowest BCUT2D eigenvalue weighted by Crippen LogP contribution is -2.23. The summed E-state index contributed by atoms with van der Waals surface area (Å²) in [5.74, 6) is -0.443. The molecular formula is C17H14ClN3O2S. The molecule has 0 saturated heterocycles. The highest BCUT2D eigenvalue weighted by atomic mass is 35.5. The van der Waals surface area contributed by atoms with E-state index in [4.69, 9.17) is 17.3 Å². The normalized spacial score (nSPS) is 10.9. The largest absolute Gasteiger partial charge is 0.369 e. The van der Waals surface area contributed by atoms with Crippen LogP contribution in [0.25, 0.3) is 16.6 Å². The van der Waals surface area contributed by atoms with Gasteiger partial charge in [0.25, 0.3) is 5.56 Å². The molecule has 1 amide bonds. The van der Waals surface area contributed by atoms with Crippen LogP contribution in [0, 0.1) is 6.92 Å². The summed E-state index contributed by atoms with van der Waals surface area (Å²) in [6, 6.07) is 12.4. The molecule has 1 heterocycles. The molecule has 7 heteroatoms. The summed E-state index contributed by atoms with van der Waals surface area (Å²) in [6.45, 7) is 1.84. The topological polar surface area (TPSA) is 78.0 Å². The van der Waals surface area contributed by atoms with Crippen molar-refractivity contribution < 1.29 is 4.79 Å². The first-order valence-electron chi connectivity index (χ1n) is 7.17. The average molecular weight is 360 g/mol. The third-order valence-corrected chi connectivity index (χ3v) is 4.94. The predicted octanol–water partition coefficient (Wildman–Crippen LogP) is 2.92. The number of nitrogens with two attached hydrogens (primary N) is 1. The van der Waals surface area contributed by atoms with Crippen LogP contribution in [-0.4, -0.2) is 21.2 Å². The average Bonchev–Trinajstić information content (AvgIpc) is 2.56.